The van der Waals surface area contributed by atoms with Gasteiger partial charge in [0.2, 0.25) is 5.91 Å². The number of nitrogens with one attached hydrogen (secondary N) is 1. The first-order chi connectivity index (χ1) is 11.2. The maximum atomic E-state index is 12.0. The highest BCUT2D eigenvalue weighted by Crippen LogP contribution is 2.25. The minimum absolute atomic E-state index is 0.00249. The van der Waals surface area contributed by atoms with Gasteiger partial charge in [0, 0.05) is 13.2 Å². The average molecular weight is 313 g/mol. The van der Waals surface area contributed by atoms with Gasteiger partial charge in [0.05, 0.1) is 6.61 Å². The molecule has 4 nitrogen and oxygen atoms in total. The van der Waals surface area contributed by atoms with Crippen molar-refractivity contribution < 1.29 is 14.3 Å². The van der Waals surface area contributed by atoms with Crippen molar-refractivity contribution in [3.05, 3.63) is 71.8 Å². The monoisotopic (exact) mass is 313 g/mol. The summed E-state index contributed by atoms with van der Waals surface area (Å²) in [5, 5.41) is 2.85. The van der Waals surface area contributed by atoms with Crippen LogP contribution in [0.1, 0.15) is 24.2 Å². The topological polar surface area (TPSA) is 47.6 Å². The van der Waals surface area contributed by atoms with Crippen LogP contribution in [0.5, 0.6) is 0 Å². The maximum absolute atomic E-state index is 12.0. The summed E-state index contributed by atoms with van der Waals surface area (Å²) in [5.41, 5.74) is 2.05. The van der Waals surface area contributed by atoms with Crippen LogP contribution in [-0.2, 0) is 14.3 Å². The molecule has 4 heteroatoms. The van der Waals surface area contributed by atoms with E-state index in [0.717, 1.165) is 11.1 Å². The fourth-order valence-corrected chi connectivity index (χ4v) is 2.41. The standard InChI is InChI=1S/C19H23NO3/c1-15(13-22-2)20-18(21)14-23-19(16-9-5-3-6-10-16)17-11-7-4-8-12-17/h3-12,15,19H,13-14H2,1-2H3,(H,20,21)/t15-/m0/s1. The molecule has 0 bridgehead atoms. The fraction of sp³-hybridized carbons (Fsp3) is 0.316. The van der Waals surface area contributed by atoms with E-state index in [1.807, 2.05) is 67.6 Å². The fourth-order valence-electron chi connectivity index (χ4n) is 2.41. The molecule has 1 amide bonds. The van der Waals surface area contributed by atoms with Gasteiger partial charge >= 0.3 is 0 Å². The molecular formula is C19H23NO3. The van der Waals surface area contributed by atoms with Crippen LogP contribution in [0.4, 0.5) is 0 Å². The summed E-state index contributed by atoms with van der Waals surface area (Å²) in [6, 6.07) is 19.8. The lowest BCUT2D eigenvalue weighted by molar-refractivity contribution is -0.128. The van der Waals surface area contributed by atoms with Crippen LogP contribution in [0.3, 0.4) is 0 Å². The van der Waals surface area contributed by atoms with Crippen molar-refractivity contribution in [2.24, 2.45) is 0 Å². The Morgan fingerprint density at radius 1 is 1.00 bits per heavy atom. The van der Waals surface area contributed by atoms with E-state index < -0.39 is 0 Å². The Labute approximate surface area is 137 Å². The summed E-state index contributed by atoms with van der Waals surface area (Å²) in [5.74, 6) is -0.147. The van der Waals surface area contributed by atoms with Crippen LogP contribution >= 0.6 is 0 Å². The predicted octanol–water partition coefficient (Wildman–Crippen LogP) is 2.94. The molecule has 0 saturated heterocycles. The zero-order valence-corrected chi connectivity index (χ0v) is 13.6. The lowest BCUT2D eigenvalue weighted by Gasteiger charge is -2.20. The molecule has 0 aliphatic rings. The number of carbonyl (C=O) groups excluding carboxylic acids is 1. The smallest absolute Gasteiger partial charge is 0.246 e. The van der Waals surface area contributed by atoms with Gasteiger partial charge in [0.15, 0.2) is 0 Å². The van der Waals surface area contributed by atoms with E-state index in [1.54, 1.807) is 7.11 Å². The van der Waals surface area contributed by atoms with Crippen molar-refractivity contribution in [2.75, 3.05) is 20.3 Å². The summed E-state index contributed by atoms with van der Waals surface area (Å²) in [6.07, 6.45) is -0.263. The van der Waals surface area contributed by atoms with Crippen LogP contribution in [0.2, 0.25) is 0 Å². The van der Waals surface area contributed by atoms with Crippen molar-refractivity contribution in [1.29, 1.82) is 0 Å². The SMILES string of the molecule is COC[C@H](C)NC(=O)COC(c1ccccc1)c1ccccc1. The van der Waals surface area contributed by atoms with Gasteiger partial charge in [0.1, 0.15) is 12.7 Å². The Morgan fingerprint density at radius 3 is 2.00 bits per heavy atom. The van der Waals surface area contributed by atoms with E-state index in [2.05, 4.69) is 5.32 Å². The summed E-state index contributed by atoms with van der Waals surface area (Å²) in [4.78, 5) is 12.0. The van der Waals surface area contributed by atoms with Gasteiger partial charge in [-0.25, -0.2) is 0 Å². The van der Waals surface area contributed by atoms with Gasteiger partial charge in [-0.2, -0.15) is 0 Å². The van der Waals surface area contributed by atoms with Gasteiger partial charge < -0.3 is 14.8 Å². The highest BCUT2D eigenvalue weighted by Gasteiger charge is 2.16. The highest BCUT2D eigenvalue weighted by molar-refractivity contribution is 5.77. The third kappa shape index (κ3) is 5.51. The largest absolute Gasteiger partial charge is 0.383 e. The first-order valence-electron chi connectivity index (χ1n) is 7.70. The molecular weight excluding hydrogens is 290 g/mol. The van der Waals surface area contributed by atoms with Gasteiger partial charge in [-0.3, -0.25) is 4.79 Å². The second kappa shape index (κ2) is 9.08. The average Bonchev–Trinajstić information content (AvgIpc) is 2.57. The van der Waals surface area contributed by atoms with Crippen LogP contribution in [0.15, 0.2) is 60.7 Å². The van der Waals surface area contributed by atoms with Crippen LogP contribution in [0.25, 0.3) is 0 Å². The van der Waals surface area contributed by atoms with Crippen LogP contribution in [-0.4, -0.2) is 32.3 Å². The number of rotatable bonds is 8. The zero-order chi connectivity index (χ0) is 16.5. The molecule has 0 saturated carbocycles. The van der Waals surface area contributed by atoms with Crippen molar-refractivity contribution in [1.82, 2.24) is 5.32 Å². The molecule has 2 aromatic rings. The molecule has 1 atom stereocenters. The summed E-state index contributed by atoms with van der Waals surface area (Å²) in [6.45, 7) is 2.38. The molecule has 0 aliphatic heterocycles. The van der Waals surface area contributed by atoms with E-state index in [9.17, 15) is 4.79 Å². The quantitative estimate of drug-likeness (QED) is 0.815. The van der Waals surface area contributed by atoms with E-state index in [-0.39, 0.29) is 24.7 Å². The molecule has 0 heterocycles. The Morgan fingerprint density at radius 2 is 1.52 bits per heavy atom. The third-order valence-corrected chi connectivity index (χ3v) is 3.41. The Hall–Kier alpha value is -2.17. The van der Waals surface area contributed by atoms with E-state index in [1.165, 1.54) is 0 Å². The van der Waals surface area contributed by atoms with Gasteiger partial charge in [-0.15, -0.1) is 0 Å². The van der Waals surface area contributed by atoms with Gasteiger partial charge in [-0.1, -0.05) is 60.7 Å². The number of hydrogen-bond acceptors (Lipinski definition) is 3. The van der Waals surface area contributed by atoms with Crippen LogP contribution in [0, 0.1) is 0 Å². The number of carbonyl (C=O) groups is 1. The Balaban J connectivity index is 2.03. The minimum atomic E-state index is -0.263. The Bertz CT molecular complexity index is 547. The first kappa shape index (κ1) is 17.2. The summed E-state index contributed by atoms with van der Waals surface area (Å²) < 4.78 is 10.9. The van der Waals surface area contributed by atoms with Gasteiger partial charge in [-0.05, 0) is 18.1 Å². The van der Waals surface area contributed by atoms with Crippen molar-refractivity contribution in [3.8, 4) is 0 Å². The molecule has 2 aromatic carbocycles. The number of ether oxygens (including phenoxy) is 2. The van der Waals surface area contributed by atoms with Crippen molar-refractivity contribution >= 4 is 5.91 Å². The molecule has 23 heavy (non-hydrogen) atoms. The summed E-state index contributed by atoms with van der Waals surface area (Å²) in [7, 11) is 1.61. The summed E-state index contributed by atoms with van der Waals surface area (Å²) >= 11 is 0. The van der Waals surface area contributed by atoms with Crippen molar-refractivity contribution in [3.63, 3.8) is 0 Å². The maximum Gasteiger partial charge on any atom is 0.246 e. The second-order valence-corrected chi connectivity index (χ2v) is 5.44. The molecule has 0 radical (unpaired) electrons. The van der Waals surface area contributed by atoms with Crippen LogP contribution < -0.4 is 5.32 Å². The van der Waals surface area contributed by atoms with Gasteiger partial charge in [0.25, 0.3) is 0 Å². The third-order valence-electron chi connectivity index (χ3n) is 3.41. The number of amides is 1. The molecule has 0 spiro atoms. The lowest BCUT2D eigenvalue weighted by atomic mass is 10.0. The molecule has 0 aliphatic carbocycles. The number of hydrogen-bond donors (Lipinski definition) is 1. The van der Waals surface area contributed by atoms with Crippen molar-refractivity contribution in [2.45, 2.75) is 19.1 Å². The molecule has 122 valence electrons. The molecule has 2 rings (SSSR count). The lowest BCUT2D eigenvalue weighted by Crippen LogP contribution is -2.38. The zero-order valence-electron chi connectivity index (χ0n) is 13.6. The van der Waals surface area contributed by atoms with E-state index in [4.69, 9.17) is 9.47 Å². The highest BCUT2D eigenvalue weighted by atomic mass is 16.5. The minimum Gasteiger partial charge on any atom is -0.383 e. The second-order valence-electron chi connectivity index (χ2n) is 5.44. The Kier molecular flexibility index (Phi) is 6.78. The molecule has 0 fully saturated rings. The number of methoxy groups -OCH3 is 1. The first-order valence-corrected chi connectivity index (χ1v) is 7.70. The van der Waals surface area contributed by atoms with E-state index >= 15 is 0 Å². The predicted molar refractivity (Wildman–Crippen MR) is 90.2 cm³/mol. The molecule has 1 N–H and O–H groups in total. The number of benzene rings is 2. The van der Waals surface area contributed by atoms with E-state index in [0.29, 0.717) is 6.61 Å². The normalized spacial score (nSPS) is 12.1. The molecule has 0 aromatic heterocycles. The molecule has 0 unspecified atom stereocenters.